The van der Waals surface area contributed by atoms with Crippen LogP contribution in [-0.2, 0) is 6.54 Å². The summed E-state index contributed by atoms with van der Waals surface area (Å²) in [6.07, 6.45) is 7.13. The number of nitrogens with one attached hydrogen (secondary N) is 2. The first-order chi connectivity index (χ1) is 13.2. The first-order valence-electron chi connectivity index (χ1n) is 9.00. The van der Waals surface area contributed by atoms with E-state index in [-0.39, 0.29) is 6.03 Å². The van der Waals surface area contributed by atoms with Crippen molar-refractivity contribution in [3.8, 4) is 17.0 Å². The van der Waals surface area contributed by atoms with Gasteiger partial charge in [0.2, 0.25) is 0 Å². The predicted octanol–water partition coefficient (Wildman–Crippen LogP) is 4.84. The molecule has 6 heteroatoms. The lowest BCUT2D eigenvalue weighted by Crippen LogP contribution is -2.28. The minimum absolute atomic E-state index is 0.270. The van der Waals surface area contributed by atoms with Crippen molar-refractivity contribution in [2.75, 3.05) is 11.9 Å². The molecule has 0 saturated heterocycles. The summed E-state index contributed by atoms with van der Waals surface area (Å²) < 4.78 is 10.7. The molecule has 0 aliphatic heterocycles. The number of hydrogen-bond acceptors (Lipinski definition) is 4. The summed E-state index contributed by atoms with van der Waals surface area (Å²) in [4.78, 5) is 16.4. The molecule has 140 valence electrons. The largest absolute Gasteiger partial charge is 0.494 e. The number of ether oxygens (including phenoxy) is 1. The van der Waals surface area contributed by atoms with Gasteiger partial charge in [0.05, 0.1) is 24.8 Å². The highest BCUT2D eigenvalue weighted by Gasteiger charge is 2.04. The van der Waals surface area contributed by atoms with Gasteiger partial charge in [0, 0.05) is 24.0 Å². The van der Waals surface area contributed by atoms with Crippen molar-refractivity contribution in [2.45, 2.75) is 26.3 Å². The monoisotopic (exact) mass is 365 g/mol. The van der Waals surface area contributed by atoms with Gasteiger partial charge in [0.1, 0.15) is 5.75 Å². The van der Waals surface area contributed by atoms with Gasteiger partial charge in [-0.25, -0.2) is 4.79 Å². The van der Waals surface area contributed by atoms with E-state index in [4.69, 9.17) is 9.15 Å². The Bertz CT molecular complexity index is 828. The van der Waals surface area contributed by atoms with E-state index in [1.807, 2.05) is 42.5 Å². The lowest BCUT2D eigenvalue weighted by molar-refractivity contribution is 0.251. The zero-order valence-corrected chi connectivity index (χ0v) is 15.3. The maximum atomic E-state index is 12.0. The van der Waals surface area contributed by atoms with Gasteiger partial charge in [-0.2, -0.15) is 0 Å². The maximum absolute atomic E-state index is 12.0. The Morgan fingerprint density at radius 1 is 1.15 bits per heavy atom. The summed E-state index contributed by atoms with van der Waals surface area (Å²) >= 11 is 0. The Balaban J connectivity index is 1.45. The smallest absolute Gasteiger partial charge is 0.319 e. The number of furan rings is 1. The minimum atomic E-state index is -0.270. The molecule has 0 atom stereocenters. The molecule has 2 amide bonds. The first-order valence-corrected chi connectivity index (χ1v) is 9.00. The molecule has 0 aliphatic rings. The highest BCUT2D eigenvalue weighted by atomic mass is 16.5. The molecule has 1 aromatic carbocycles. The predicted molar refractivity (Wildman–Crippen MR) is 105 cm³/mol. The van der Waals surface area contributed by atoms with Crippen LogP contribution in [0, 0.1) is 0 Å². The van der Waals surface area contributed by atoms with Gasteiger partial charge in [0.25, 0.3) is 0 Å². The third kappa shape index (κ3) is 5.60. The molecule has 0 saturated carbocycles. The number of benzene rings is 1. The molecule has 3 rings (SSSR count). The molecule has 0 fully saturated rings. The Labute approximate surface area is 158 Å². The van der Waals surface area contributed by atoms with E-state index < -0.39 is 0 Å². The second-order valence-corrected chi connectivity index (χ2v) is 6.10. The van der Waals surface area contributed by atoms with E-state index in [0.29, 0.717) is 18.8 Å². The lowest BCUT2D eigenvalue weighted by atomic mass is 10.2. The normalized spacial score (nSPS) is 10.4. The van der Waals surface area contributed by atoms with Gasteiger partial charge in [-0.05, 0) is 48.4 Å². The summed E-state index contributed by atoms with van der Waals surface area (Å²) in [6, 6.07) is 12.8. The van der Waals surface area contributed by atoms with Crippen molar-refractivity contribution < 1.29 is 13.9 Å². The fourth-order valence-electron chi connectivity index (χ4n) is 2.44. The number of rotatable bonds is 8. The summed E-state index contributed by atoms with van der Waals surface area (Å²) in [5.74, 6) is 0.804. The fourth-order valence-corrected chi connectivity index (χ4v) is 2.44. The fraction of sp³-hybridized carbons (Fsp3) is 0.238. The van der Waals surface area contributed by atoms with Crippen LogP contribution in [-0.4, -0.2) is 17.6 Å². The maximum Gasteiger partial charge on any atom is 0.319 e. The number of unbranched alkanes of at least 4 members (excludes halogenated alkanes) is 1. The van der Waals surface area contributed by atoms with Gasteiger partial charge in [-0.15, -0.1) is 0 Å². The second kappa shape index (κ2) is 9.43. The number of carbonyl (C=O) groups excluding carboxylic acids is 1. The van der Waals surface area contributed by atoms with Crippen molar-refractivity contribution >= 4 is 11.7 Å². The number of amides is 2. The van der Waals surface area contributed by atoms with Crippen LogP contribution in [0.5, 0.6) is 5.75 Å². The quantitative estimate of drug-likeness (QED) is 0.560. The van der Waals surface area contributed by atoms with E-state index in [1.165, 1.54) is 0 Å². The molecule has 0 unspecified atom stereocenters. The van der Waals surface area contributed by atoms with Crippen molar-refractivity contribution in [2.24, 2.45) is 0 Å². The van der Waals surface area contributed by atoms with Crippen molar-refractivity contribution in [1.29, 1.82) is 0 Å². The SMILES string of the molecule is CCCCOc1ccc(NC(=O)NCc2ccc(-c3ccoc3)nc2)cc1. The molecule has 0 radical (unpaired) electrons. The minimum Gasteiger partial charge on any atom is -0.494 e. The highest BCUT2D eigenvalue weighted by Crippen LogP contribution is 2.17. The molecule has 27 heavy (non-hydrogen) atoms. The second-order valence-electron chi connectivity index (χ2n) is 6.10. The van der Waals surface area contributed by atoms with E-state index in [2.05, 4.69) is 22.5 Å². The molecule has 2 aromatic heterocycles. The van der Waals surface area contributed by atoms with Crippen molar-refractivity contribution in [1.82, 2.24) is 10.3 Å². The molecule has 3 aromatic rings. The number of urea groups is 1. The average molecular weight is 365 g/mol. The van der Waals surface area contributed by atoms with E-state index in [0.717, 1.165) is 35.4 Å². The van der Waals surface area contributed by atoms with Crippen LogP contribution < -0.4 is 15.4 Å². The lowest BCUT2D eigenvalue weighted by Gasteiger charge is -2.09. The molecule has 2 N–H and O–H groups in total. The topological polar surface area (TPSA) is 76.4 Å². The van der Waals surface area contributed by atoms with E-state index in [1.54, 1.807) is 18.7 Å². The number of aromatic nitrogens is 1. The molecule has 2 heterocycles. The van der Waals surface area contributed by atoms with E-state index in [9.17, 15) is 4.79 Å². The summed E-state index contributed by atoms with van der Waals surface area (Å²) in [6.45, 7) is 3.22. The molecular formula is C21H23N3O3. The van der Waals surface area contributed by atoms with Crippen LogP contribution in [0.25, 0.3) is 11.3 Å². The molecule has 0 aliphatic carbocycles. The van der Waals surface area contributed by atoms with Crippen LogP contribution in [0.3, 0.4) is 0 Å². The summed E-state index contributed by atoms with van der Waals surface area (Å²) in [7, 11) is 0. The van der Waals surface area contributed by atoms with Gasteiger partial charge in [-0.3, -0.25) is 4.98 Å². The third-order valence-corrected chi connectivity index (χ3v) is 3.97. The van der Waals surface area contributed by atoms with Crippen molar-refractivity contribution in [3.05, 3.63) is 66.8 Å². The zero-order chi connectivity index (χ0) is 18.9. The Morgan fingerprint density at radius 2 is 2.00 bits per heavy atom. The molecule has 0 bridgehead atoms. The van der Waals surface area contributed by atoms with Crippen LogP contribution in [0.15, 0.2) is 65.6 Å². The van der Waals surface area contributed by atoms with Crippen molar-refractivity contribution in [3.63, 3.8) is 0 Å². The zero-order valence-electron chi connectivity index (χ0n) is 15.3. The van der Waals surface area contributed by atoms with Gasteiger partial charge in [-0.1, -0.05) is 19.4 Å². The van der Waals surface area contributed by atoms with Crippen LogP contribution >= 0.6 is 0 Å². The standard InChI is InChI=1S/C21H23N3O3/c1-2-3-11-27-19-7-5-18(6-8-19)24-21(25)23-14-16-4-9-20(22-13-16)17-10-12-26-15-17/h4-10,12-13,15H,2-3,11,14H2,1H3,(H2,23,24,25). The third-order valence-electron chi connectivity index (χ3n) is 3.97. The molecule has 0 spiro atoms. The number of hydrogen-bond donors (Lipinski definition) is 2. The van der Waals surface area contributed by atoms with Gasteiger partial charge in [0.15, 0.2) is 0 Å². The van der Waals surface area contributed by atoms with Crippen LogP contribution in [0.1, 0.15) is 25.3 Å². The molecule has 6 nitrogen and oxygen atoms in total. The summed E-state index contributed by atoms with van der Waals surface area (Å²) in [5, 5.41) is 5.62. The Morgan fingerprint density at radius 3 is 2.67 bits per heavy atom. The molecular weight excluding hydrogens is 342 g/mol. The van der Waals surface area contributed by atoms with E-state index >= 15 is 0 Å². The van der Waals surface area contributed by atoms with Gasteiger partial charge >= 0.3 is 6.03 Å². The Kier molecular flexibility index (Phi) is 6.46. The number of nitrogens with zero attached hydrogens (tertiary/aromatic N) is 1. The van der Waals surface area contributed by atoms with Crippen LogP contribution in [0.2, 0.25) is 0 Å². The Hall–Kier alpha value is -3.28. The van der Waals surface area contributed by atoms with Crippen LogP contribution in [0.4, 0.5) is 10.5 Å². The average Bonchev–Trinajstić information content (AvgIpc) is 3.23. The number of carbonyl (C=O) groups is 1. The first kappa shape index (κ1) is 18.5. The van der Waals surface area contributed by atoms with Gasteiger partial charge < -0.3 is 19.8 Å². The number of anilines is 1. The number of pyridine rings is 1. The highest BCUT2D eigenvalue weighted by molar-refractivity contribution is 5.89. The summed E-state index contributed by atoms with van der Waals surface area (Å²) in [5.41, 5.74) is 3.38.